The smallest absolute Gasteiger partial charge is 0.229 e. The summed E-state index contributed by atoms with van der Waals surface area (Å²) < 4.78 is 7.72. The molecule has 1 fully saturated rings. The van der Waals surface area contributed by atoms with Gasteiger partial charge in [0.05, 0.1) is 30.4 Å². The summed E-state index contributed by atoms with van der Waals surface area (Å²) in [6.45, 7) is 5.58. The Hall–Kier alpha value is -2.71. The molecule has 3 aromatic rings. The number of rotatable bonds is 6. The zero-order valence-corrected chi connectivity index (χ0v) is 18.9. The molecule has 0 unspecified atom stereocenters. The van der Waals surface area contributed by atoms with Crippen molar-refractivity contribution in [3.8, 4) is 5.75 Å². The van der Waals surface area contributed by atoms with E-state index in [4.69, 9.17) is 9.72 Å². The fraction of sp³-hybridized carbons (Fsp3) is 0.542. The highest BCUT2D eigenvalue weighted by atomic mass is 16.5. The van der Waals surface area contributed by atoms with Crippen molar-refractivity contribution in [3.63, 3.8) is 0 Å². The average molecular weight is 437 g/mol. The van der Waals surface area contributed by atoms with Crippen molar-refractivity contribution in [2.75, 3.05) is 32.1 Å². The molecule has 1 aromatic carbocycles. The average Bonchev–Trinajstić information content (AvgIpc) is 3.26. The van der Waals surface area contributed by atoms with Crippen LogP contribution >= 0.6 is 0 Å². The van der Waals surface area contributed by atoms with Gasteiger partial charge in [-0.05, 0) is 67.8 Å². The summed E-state index contributed by atoms with van der Waals surface area (Å²) >= 11 is 0. The lowest BCUT2D eigenvalue weighted by Crippen LogP contribution is -2.30. The summed E-state index contributed by atoms with van der Waals surface area (Å²) in [4.78, 5) is 11.8. The van der Waals surface area contributed by atoms with Crippen LogP contribution in [0.5, 0.6) is 5.75 Å². The number of fused-ring (bicyclic) bond motifs is 2. The number of aromatic nitrogens is 4. The van der Waals surface area contributed by atoms with Gasteiger partial charge in [0.1, 0.15) is 5.75 Å². The Kier molecular flexibility index (Phi) is 5.97. The molecule has 32 heavy (non-hydrogen) atoms. The zero-order valence-electron chi connectivity index (χ0n) is 18.9. The van der Waals surface area contributed by atoms with E-state index in [1.807, 2.05) is 17.1 Å². The van der Waals surface area contributed by atoms with Crippen molar-refractivity contribution >= 4 is 22.7 Å². The second-order valence-corrected chi connectivity index (χ2v) is 8.98. The normalized spacial score (nSPS) is 21.5. The maximum absolute atomic E-state index is 9.44. The van der Waals surface area contributed by atoms with Crippen LogP contribution in [-0.4, -0.2) is 56.6 Å². The Bertz CT molecular complexity index is 1090. The highest BCUT2D eigenvalue weighted by Crippen LogP contribution is 2.35. The Morgan fingerprint density at radius 3 is 2.75 bits per heavy atom. The van der Waals surface area contributed by atoms with Gasteiger partial charge in [-0.15, -0.1) is 0 Å². The highest BCUT2D eigenvalue weighted by Gasteiger charge is 2.24. The van der Waals surface area contributed by atoms with Crippen molar-refractivity contribution in [1.82, 2.24) is 24.6 Å². The van der Waals surface area contributed by atoms with Crippen molar-refractivity contribution in [3.05, 3.63) is 35.7 Å². The molecule has 8 nitrogen and oxygen atoms in total. The van der Waals surface area contributed by atoms with Gasteiger partial charge in [-0.3, -0.25) is 4.90 Å². The number of hydrogen-bond donors (Lipinski definition) is 2. The van der Waals surface area contributed by atoms with Crippen molar-refractivity contribution in [1.29, 1.82) is 0 Å². The van der Waals surface area contributed by atoms with Crippen LogP contribution in [0.25, 0.3) is 11.0 Å². The van der Waals surface area contributed by atoms with E-state index in [2.05, 4.69) is 39.4 Å². The molecule has 1 saturated carbocycles. The number of methoxy groups -OCH3 is 1. The highest BCUT2D eigenvalue weighted by molar-refractivity contribution is 5.76. The second kappa shape index (κ2) is 9.03. The lowest BCUT2D eigenvalue weighted by molar-refractivity contribution is 0.166. The molecule has 0 amide bonds. The molecule has 5 rings (SSSR count). The van der Waals surface area contributed by atoms with E-state index in [0.29, 0.717) is 17.9 Å². The first-order valence-electron chi connectivity index (χ1n) is 11.7. The predicted molar refractivity (Wildman–Crippen MR) is 124 cm³/mol. The maximum Gasteiger partial charge on any atom is 0.229 e. The number of benzene rings is 1. The first kappa shape index (κ1) is 21.2. The monoisotopic (exact) mass is 436 g/mol. The van der Waals surface area contributed by atoms with Gasteiger partial charge in [0.2, 0.25) is 5.95 Å². The topological polar surface area (TPSA) is 88.3 Å². The van der Waals surface area contributed by atoms with Crippen LogP contribution in [0.4, 0.5) is 11.6 Å². The van der Waals surface area contributed by atoms with Crippen molar-refractivity contribution in [2.24, 2.45) is 5.92 Å². The third-order valence-electron chi connectivity index (χ3n) is 7.06. The van der Waals surface area contributed by atoms with Gasteiger partial charge in [-0.2, -0.15) is 10.1 Å². The molecule has 1 aliphatic carbocycles. The first-order chi connectivity index (χ1) is 15.7. The Morgan fingerprint density at radius 1 is 1.16 bits per heavy atom. The summed E-state index contributed by atoms with van der Waals surface area (Å²) in [5.74, 6) is 1.78. The number of likely N-dealkylation sites (N-methyl/N-ethyl adjacent to an activating group) is 1. The third-order valence-corrected chi connectivity index (χ3v) is 7.06. The van der Waals surface area contributed by atoms with E-state index in [1.165, 1.54) is 11.1 Å². The minimum atomic E-state index is 0.279. The Labute approximate surface area is 188 Å². The van der Waals surface area contributed by atoms with E-state index >= 15 is 0 Å². The number of aliphatic hydroxyl groups is 1. The van der Waals surface area contributed by atoms with Crippen LogP contribution in [0.1, 0.15) is 49.8 Å². The van der Waals surface area contributed by atoms with E-state index in [-0.39, 0.29) is 6.61 Å². The molecule has 8 heteroatoms. The zero-order chi connectivity index (χ0) is 22.1. The quantitative estimate of drug-likeness (QED) is 0.609. The third kappa shape index (κ3) is 4.04. The lowest BCUT2D eigenvalue weighted by Gasteiger charge is -2.28. The minimum Gasteiger partial charge on any atom is -0.495 e. The van der Waals surface area contributed by atoms with Crippen LogP contribution in [0.15, 0.2) is 24.5 Å². The maximum atomic E-state index is 9.44. The summed E-state index contributed by atoms with van der Waals surface area (Å²) in [6, 6.07) is 4.64. The van der Waals surface area contributed by atoms with E-state index in [0.717, 1.165) is 74.2 Å². The number of hydrogen-bond acceptors (Lipinski definition) is 7. The van der Waals surface area contributed by atoms with E-state index < -0.39 is 0 Å². The second-order valence-electron chi connectivity index (χ2n) is 8.98. The fourth-order valence-corrected chi connectivity index (χ4v) is 5.04. The molecule has 0 bridgehead atoms. The number of anilines is 2. The van der Waals surface area contributed by atoms with Crippen LogP contribution in [-0.2, 0) is 13.0 Å². The van der Waals surface area contributed by atoms with Gasteiger partial charge >= 0.3 is 0 Å². The predicted octanol–water partition coefficient (Wildman–Crippen LogP) is 3.68. The molecule has 0 spiro atoms. The van der Waals surface area contributed by atoms with Crippen LogP contribution in [0.3, 0.4) is 0 Å². The van der Waals surface area contributed by atoms with Gasteiger partial charge in [-0.25, -0.2) is 9.67 Å². The minimum absolute atomic E-state index is 0.279. The van der Waals surface area contributed by atoms with E-state index in [1.54, 1.807) is 7.11 Å². The Balaban J connectivity index is 1.42. The molecule has 1 aliphatic heterocycles. The summed E-state index contributed by atoms with van der Waals surface area (Å²) in [5, 5.41) is 18.4. The van der Waals surface area contributed by atoms with Gasteiger partial charge < -0.3 is 15.2 Å². The molecule has 2 aromatic heterocycles. The fourth-order valence-electron chi connectivity index (χ4n) is 5.04. The molecule has 3 heterocycles. The van der Waals surface area contributed by atoms with Crippen LogP contribution < -0.4 is 10.1 Å². The Morgan fingerprint density at radius 2 is 2.00 bits per heavy atom. The first-order valence-corrected chi connectivity index (χ1v) is 11.7. The van der Waals surface area contributed by atoms with Gasteiger partial charge in [-0.1, -0.05) is 6.92 Å². The summed E-state index contributed by atoms with van der Waals surface area (Å²) in [5.41, 5.74) is 4.42. The van der Waals surface area contributed by atoms with Gasteiger partial charge in [0.25, 0.3) is 0 Å². The molecule has 2 aliphatic rings. The number of aliphatic hydroxyl groups excluding tert-OH is 1. The summed E-state index contributed by atoms with van der Waals surface area (Å²) in [6.07, 6.45) is 8.80. The van der Waals surface area contributed by atoms with Crippen LogP contribution in [0, 0.1) is 5.92 Å². The number of nitrogens with zero attached hydrogens (tertiary/aromatic N) is 5. The number of nitrogens with one attached hydrogen (secondary N) is 1. The molecule has 0 atom stereocenters. The molecule has 0 saturated heterocycles. The standard InChI is InChI=1S/C24H32N6O2/c1-3-29-9-8-17-11-22(32-2)21(10-18(17)14-29)27-24-25-12-19-13-26-30(23(19)28-24)20-6-4-16(15-31)5-7-20/h10-13,16,20,31H,3-9,14-15H2,1-2H3,(H,25,27,28). The molecule has 170 valence electrons. The summed E-state index contributed by atoms with van der Waals surface area (Å²) in [7, 11) is 1.70. The van der Waals surface area contributed by atoms with Gasteiger partial charge in [0.15, 0.2) is 5.65 Å². The van der Waals surface area contributed by atoms with Crippen molar-refractivity contribution in [2.45, 2.75) is 51.6 Å². The molecule has 2 N–H and O–H groups in total. The van der Waals surface area contributed by atoms with E-state index in [9.17, 15) is 5.11 Å². The molecular weight excluding hydrogens is 404 g/mol. The molecule has 0 radical (unpaired) electrons. The van der Waals surface area contributed by atoms with Crippen LogP contribution in [0.2, 0.25) is 0 Å². The van der Waals surface area contributed by atoms with Crippen molar-refractivity contribution < 1.29 is 9.84 Å². The molecular formula is C24H32N6O2. The SMILES string of the molecule is CCN1CCc2cc(OC)c(Nc3ncc4cnn(C5CCC(CO)CC5)c4n3)cc2C1. The lowest BCUT2D eigenvalue weighted by atomic mass is 9.87. The number of ether oxygens (including phenoxy) is 1. The van der Waals surface area contributed by atoms with Gasteiger partial charge in [0, 0.05) is 25.9 Å². The largest absolute Gasteiger partial charge is 0.495 e.